The quantitative estimate of drug-likeness (QED) is 0.836. The lowest BCUT2D eigenvalue weighted by atomic mass is 10.0. The Kier molecular flexibility index (Phi) is 5.92. The zero-order valence-corrected chi connectivity index (χ0v) is 11.3. The summed E-state index contributed by atoms with van der Waals surface area (Å²) in [5.41, 5.74) is 0.778. The molecule has 0 spiro atoms. The minimum absolute atomic E-state index is 0.125. The van der Waals surface area contributed by atoms with Crippen LogP contribution in [0, 0.1) is 18.6 Å². The molecule has 0 bridgehead atoms. The second-order valence-electron chi connectivity index (χ2n) is 3.87. The molecule has 96 valence electrons. The first-order valence-electron chi connectivity index (χ1n) is 5.87. The third kappa shape index (κ3) is 3.68. The lowest BCUT2D eigenvalue weighted by molar-refractivity contribution is 0.474. The molecule has 0 heterocycles. The number of hydrogen-bond donors (Lipinski definition) is 1. The maximum absolute atomic E-state index is 13.8. The number of hydrogen-bond acceptors (Lipinski definition) is 2. The molecule has 0 saturated carbocycles. The Morgan fingerprint density at radius 2 is 1.94 bits per heavy atom. The van der Waals surface area contributed by atoms with Gasteiger partial charge in [-0.25, -0.2) is 8.78 Å². The lowest BCUT2D eigenvalue weighted by Crippen LogP contribution is -2.24. The highest BCUT2D eigenvalue weighted by Gasteiger charge is 2.18. The van der Waals surface area contributed by atoms with Crippen molar-refractivity contribution in [3.8, 4) is 0 Å². The van der Waals surface area contributed by atoms with Crippen molar-refractivity contribution in [2.45, 2.75) is 26.8 Å². The Labute approximate surface area is 106 Å². The van der Waals surface area contributed by atoms with Crippen molar-refractivity contribution in [2.24, 2.45) is 0 Å². The zero-order valence-electron chi connectivity index (χ0n) is 10.5. The van der Waals surface area contributed by atoms with E-state index < -0.39 is 11.6 Å². The molecule has 1 atom stereocenters. The molecule has 0 saturated heterocycles. The van der Waals surface area contributed by atoms with Crippen molar-refractivity contribution in [2.75, 3.05) is 18.1 Å². The molecule has 1 aromatic carbocycles. The van der Waals surface area contributed by atoms with Crippen molar-refractivity contribution in [1.82, 2.24) is 5.32 Å². The van der Waals surface area contributed by atoms with Gasteiger partial charge in [-0.05, 0) is 24.8 Å². The molecule has 0 aromatic heterocycles. The first-order chi connectivity index (χ1) is 8.11. The smallest absolute Gasteiger partial charge is 0.163 e. The minimum Gasteiger partial charge on any atom is -0.309 e. The monoisotopic (exact) mass is 259 g/mol. The highest BCUT2D eigenvalue weighted by atomic mass is 32.2. The van der Waals surface area contributed by atoms with Crippen molar-refractivity contribution >= 4 is 11.8 Å². The largest absolute Gasteiger partial charge is 0.309 e. The van der Waals surface area contributed by atoms with Gasteiger partial charge in [0.1, 0.15) is 0 Å². The van der Waals surface area contributed by atoms with Gasteiger partial charge in [-0.2, -0.15) is 11.8 Å². The molecular formula is C13H19F2NS. The van der Waals surface area contributed by atoms with Crippen molar-refractivity contribution in [3.05, 3.63) is 34.9 Å². The fraction of sp³-hybridized carbons (Fsp3) is 0.538. The van der Waals surface area contributed by atoms with Crippen molar-refractivity contribution < 1.29 is 8.78 Å². The summed E-state index contributed by atoms with van der Waals surface area (Å²) in [5.74, 6) is 0.279. The van der Waals surface area contributed by atoms with E-state index in [4.69, 9.17) is 0 Å². The third-order valence-electron chi connectivity index (χ3n) is 2.62. The van der Waals surface area contributed by atoms with Gasteiger partial charge in [0, 0.05) is 17.4 Å². The summed E-state index contributed by atoms with van der Waals surface area (Å²) in [5, 5.41) is 3.19. The molecule has 0 aliphatic rings. The molecule has 0 fully saturated rings. The van der Waals surface area contributed by atoms with E-state index in [1.165, 1.54) is 0 Å². The van der Waals surface area contributed by atoms with Crippen LogP contribution in [0.2, 0.25) is 0 Å². The lowest BCUT2D eigenvalue weighted by Gasteiger charge is -2.19. The normalized spacial score (nSPS) is 12.8. The predicted molar refractivity (Wildman–Crippen MR) is 70.5 cm³/mol. The van der Waals surface area contributed by atoms with Gasteiger partial charge in [-0.1, -0.05) is 26.0 Å². The van der Waals surface area contributed by atoms with E-state index in [9.17, 15) is 8.78 Å². The van der Waals surface area contributed by atoms with Crippen LogP contribution in [0.5, 0.6) is 0 Å². The van der Waals surface area contributed by atoms with Crippen LogP contribution in [0.4, 0.5) is 8.78 Å². The number of nitrogens with one attached hydrogen (secondary N) is 1. The highest BCUT2D eigenvalue weighted by Crippen LogP contribution is 2.24. The summed E-state index contributed by atoms with van der Waals surface area (Å²) in [7, 11) is 0. The van der Waals surface area contributed by atoms with Gasteiger partial charge in [-0.3, -0.25) is 0 Å². The summed E-state index contributed by atoms with van der Waals surface area (Å²) in [6, 6.07) is 3.19. The molecule has 4 heteroatoms. The van der Waals surface area contributed by atoms with Gasteiger partial charge in [0.2, 0.25) is 0 Å². The van der Waals surface area contributed by atoms with Gasteiger partial charge in [0.25, 0.3) is 0 Å². The van der Waals surface area contributed by atoms with E-state index in [0.29, 0.717) is 11.1 Å². The molecule has 1 rings (SSSR count). The van der Waals surface area contributed by atoms with Gasteiger partial charge in [0.15, 0.2) is 11.6 Å². The number of thioether (sulfide) groups is 1. The second kappa shape index (κ2) is 6.97. The van der Waals surface area contributed by atoms with E-state index in [-0.39, 0.29) is 6.04 Å². The molecule has 0 aliphatic heterocycles. The summed E-state index contributed by atoms with van der Waals surface area (Å²) in [6.07, 6.45) is 0. The topological polar surface area (TPSA) is 12.0 Å². The van der Waals surface area contributed by atoms with E-state index in [0.717, 1.165) is 18.1 Å². The van der Waals surface area contributed by atoms with Gasteiger partial charge in [-0.15, -0.1) is 0 Å². The van der Waals surface area contributed by atoms with Crippen LogP contribution < -0.4 is 5.32 Å². The average molecular weight is 259 g/mol. The third-order valence-corrected chi connectivity index (χ3v) is 3.60. The number of aryl methyl sites for hydroxylation is 1. The van der Waals surface area contributed by atoms with E-state index in [2.05, 4.69) is 12.2 Å². The molecular weight excluding hydrogens is 240 g/mol. The van der Waals surface area contributed by atoms with Crippen LogP contribution in [0.15, 0.2) is 12.1 Å². The average Bonchev–Trinajstić information content (AvgIpc) is 2.32. The predicted octanol–water partition coefficient (Wildman–Crippen LogP) is 3.68. The van der Waals surface area contributed by atoms with Crippen LogP contribution >= 0.6 is 11.8 Å². The number of halogens is 2. The summed E-state index contributed by atoms with van der Waals surface area (Å²) >= 11 is 1.72. The van der Waals surface area contributed by atoms with Crippen molar-refractivity contribution in [1.29, 1.82) is 0 Å². The standard InChI is InChI=1S/C13H19F2NS/c1-4-16-11(8-17-5-2)10-7-6-9(3)12(14)13(10)15/h6-7,11,16H,4-5,8H2,1-3H3. The van der Waals surface area contributed by atoms with E-state index >= 15 is 0 Å². The molecule has 0 aliphatic carbocycles. The maximum Gasteiger partial charge on any atom is 0.163 e. The van der Waals surface area contributed by atoms with Crippen LogP contribution in [-0.4, -0.2) is 18.1 Å². The second-order valence-corrected chi connectivity index (χ2v) is 5.19. The minimum atomic E-state index is -0.730. The fourth-order valence-electron chi connectivity index (χ4n) is 1.67. The summed E-state index contributed by atoms with van der Waals surface area (Å²) < 4.78 is 27.3. The van der Waals surface area contributed by atoms with Gasteiger partial charge in [0.05, 0.1) is 0 Å². The zero-order chi connectivity index (χ0) is 12.8. The summed E-state index contributed by atoms with van der Waals surface area (Å²) in [6.45, 7) is 6.33. The first-order valence-corrected chi connectivity index (χ1v) is 7.02. The van der Waals surface area contributed by atoms with Crippen LogP contribution in [-0.2, 0) is 0 Å². The SMILES string of the molecule is CCNC(CSCC)c1ccc(C)c(F)c1F. The van der Waals surface area contributed by atoms with Crippen LogP contribution in [0.3, 0.4) is 0 Å². The summed E-state index contributed by atoms with van der Waals surface area (Å²) in [4.78, 5) is 0. The molecule has 0 amide bonds. The highest BCUT2D eigenvalue weighted by molar-refractivity contribution is 7.99. The van der Waals surface area contributed by atoms with Crippen LogP contribution in [0.1, 0.15) is 31.0 Å². The Balaban J connectivity index is 2.97. The fourth-order valence-corrected chi connectivity index (χ4v) is 2.44. The van der Waals surface area contributed by atoms with Gasteiger partial charge >= 0.3 is 0 Å². The Hall–Kier alpha value is -0.610. The van der Waals surface area contributed by atoms with E-state index in [1.807, 2.05) is 6.92 Å². The molecule has 0 radical (unpaired) electrons. The van der Waals surface area contributed by atoms with Crippen LogP contribution in [0.25, 0.3) is 0 Å². The Bertz CT molecular complexity index is 369. The Morgan fingerprint density at radius 1 is 1.24 bits per heavy atom. The first kappa shape index (κ1) is 14.5. The Morgan fingerprint density at radius 3 is 2.53 bits per heavy atom. The van der Waals surface area contributed by atoms with Crippen molar-refractivity contribution in [3.63, 3.8) is 0 Å². The molecule has 17 heavy (non-hydrogen) atoms. The maximum atomic E-state index is 13.8. The molecule has 1 N–H and O–H groups in total. The number of benzene rings is 1. The van der Waals surface area contributed by atoms with E-state index in [1.54, 1.807) is 30.8 Å². The van der Waals surface area contributed by atoms with Gasteiger partial charge < -0.3 is 5.32 Å². The number of rotatable bonds is 6. The molecule has 1 unspecified atom stereocenters. The molecule has 1 aromatic rings. The molecule has 1 nitrogen and oxygen atoms in total.